The lowest BCUT2D eigenvalue weighted by Crippen LogP contribution is -2.19. The zero-order valence-corrected chi connectivity index (χ0v) is 18.0. The smallest absolute Gasteiger partial charge is 0.171 e. The molecular weight excluding hydrogens is 374 g/mol. The highest BCUT2D eigenvalue weighted by Crippen LogP contribution is 2.35. The molecule has 0 amide bonds. The van der Waals surface area contributed by atoms with E-state index >= 15 is 0 Å². The molecule has 0 atom stereocenters. The van der Waals surface area contributed by atoms with Gasteiger partial charge >= 0.3 is 0 Å². The van der Waals surface area contributed by atoms with Crippen LogP contribution in [0.4, 0.5) is 11.5 Å². The van der Waals surface area contributed by atoms with Gasteiger partial charge in [-0.3, -0.25) is 4.98 Å². The number of aromatic nitrogens is 5. The first-order valence-corrected chi connectivity index (χ1v) is 10.8. The van der Waals surface area contributed by atoms with Crippen molar-refractivity contribution in [3.63, 3.8) is 0 Å². The minimum Gasteiger partial charge on any atom is -0.355 e. The fraction of sp³-hybridized carbons (Fsp3) is 0.391. The van der Waals surface area contributed by atoms with Gasteiger partial charge in [-0.15, -0.1) is 0 Å². The van der Waals surface area contributed by atoms with Crippen molar-refractivity contribution >= 4 is 17.2 Å². The van der Waals surface area contributed by atoms with Crippen LogP contribution in [0, 0.1) is 0 Å². The van der Waals surface area contributed by atoms with E-state index in [2.05, 4.69) is 44.3 Å². The number of fused-ring (bicyclic) bond motifs is 1. The lowest BCUT2D eigenvalue weighted by Gasteiger charge is -2.20. The molecule has 0 N–H and O–H groups in total. The Kier molecular flexibility index (Phi) is 5.79. The average Bonchev–Trinajstić information content (AvgIpc) is 3.54. The van der Waals surface area contributed by atoms with Crippen LogP contribution in [0.3, 0.4) is 0 Å². The Morgan fingerprint density at radius 1 is 1.00 bits per heavy atom. The maximum absolute atomic E-state index is 4.73. The van der Waals surface area contributed by atoms with Crippen LogP contribution in [-0.4, -0.2) is 37.8 Å². The zero-order valence-electron chi connectivity index (χ0n) is 18.0. The van der Waals surface area contributed by atoms with Gasteiger partial charge in [-0.25, -0.2) is 14.6 Å². The van der Waals surface area contributed by atoms with E-state index in [4.69, 9.17) is 5.10 Å². The summed E-state index contributed by atoms with van der Waals surface area (Å²) in [6.45, 7) is 13.2. The second-order valence-corrected chi connectivity index (χ2v) is 7.30. The average molecular weight is 404 g/mol. The quantitative estimate of drug-likeness (QED) is 0.649. The molecule has 7 heteroatoms. The van der Waals surface area contributed by atoms with Crippen LogP contribution in [0.1, 0.15) is 50.4 Å². The van der Waals surface area contributed by atoms with Crippen LogP contribution in [0.2, 0.25) is 0 Å². The maximum Gasteiger partial charge on any atom is 0.171 e. The van der Waals surface area contributed by atoms with Crippen LogP contribution in [-0.2, 0) is 13.0 Å². The molecular formula is C23H29N7. The summed E-state index contributed by atoms with van der Waals surface area (Å²) < 4.78 is 1.80. The molecule has 1 fully saturated rings. The van der Waals surface area contributed by atoms with Crippen LogP contribution >= 0.6 is 0 Å². The predicted molar refractivity (Wildman–Crippen MR) is 121 cm³/mol. The predicted octanol–water partition coefficient (Wildman–Crippen LogP) is 4.24. The largest absolute Gasteiger partial charge is 0.355 e. The molecule has 30 heavy (non-hydrogen) atoms. The lowest BCUT2D eigenvalue weighted by atomic mass is 10.2. The van der Waals surface area contributed by atoms with Crippen LogP contribution in [0.5, 0.6) is 0 Å². The number of hydrogen-bond donors (Lipinski definition) is 0. The van der Waals surface area contributed by atoms with Crippen molar-refractivity contribution in [2.45, 2.75) is 46.6 Å². The van der Waals surface area contributed by atoms with E-state index < -0.39 is 0 Å². The van der Waals surface area contributed by atoms with Gasteiger partial charge in [-0.1, -0.05) is 27.4 Å². The summed E-state index contributed by atoms with van der Waals surface area (Å²) in [4.78, 5) is 18.0. The molecule has 2 aliphatic rings. The SMILES string of the molecule is C=C1c2cn(-c3cnc(N4CCCC4)cn3)nc2CN1c1cncc(CC)c1.CC. The molecule has 0 aliphatic carbocycles. The van der Waals surface area contributed by atoms with E-state index in [-0.39, 0.29) is 0 Å². The molecule has 3 aromatic rings. The first-order valence-electron chi connectivity index (χ1n) is 10.8. The Hall–Kier alpha value is -3.22. The van der Waals surface area contributed by atoms with E-state index in [0.29, 0.717) is 6.54 Å². The molecule has 156 valence electrons. The van der Waals surface area contributed by atoms with Gasteiger partial charge in [0.15, 0.2) is 5.82 Å². The molecule has 2 aliphatic heterocycles. The normalized spacial score (nSPS) is 15.2. The topological polar surface area (TPSA) is 63.0 Å². The minimum atomic E-state index is 0.690. The third kappa shape index (κ3) is 3.67. The second-order valence-electron chi connectivity index (χ2n) is 7.30. The Balaban J connectivity index is 0.00000106. The minimum absolute atomic E-state index is 0.690. The molecule has 0 aromatic carbocycles. The Morgan fingerprint density at radius 2 is 1.73 bits per heavy atom. The number of hydrogen-bond acceptors (Lipinski definition) is 6. The van der Waals surface area contributed by atoms with Crippen LogP contribution in [0.25, 0.3) is 11.5 Å². The molecule has 5 rings (SSSR count). The van der Waals surface area contributed by atoms with Gasteiger partial charge in [0, 0.05) is 36.7 Å². The van der Waals surface area contributed by atoms with Gasteiger partial charge in [0.25, 0.3) is 0 Å². The molecule has 1 saturated heterocycles. The van der Waals surface area contributed by atoms with E-state index in [1.165, 1.54) is 18.4 Å². The molecule has 0 saturated carbocycles. The van der Waals surface area contributed by atoms with Crippen molar-refractivity contribution in [3.05, 3.63) is 60.5 Å². The van der Waals surface area contributed by atoms with Gasteiger partial charge in [0.1, 0.15) is 5.82 Å². The Morgan fingerprint density at radius 3 is 2.40 bits per heavy atom. The number of anilines is 2. The summed E-state index contributed by atoms with van der Waals surface area (Å²) >= 11 is 0. The summed E-state index contributed by atoms with van der Waals surface area (Å²) in [5, 5.41) is 4.73. The fourth-order valence-electron chi connectivity index (χ4n) is 3.88. The summed E-state index contributed by atoms with van der Waals surface area (Å²) in [5.74, 6) is 1.67. The van der Waals surface area contributed by atoms with Crippen molar-refractivity contribution in [1.82, 2.24) is 24.7 Å². The number of nitrogens with zero attached hydrogens (tertiary/aromatic N) is 7. The third-order valence-corrected chi connectivity index (χ3v) is 5.53. The molecule has 5 heterocycles. The summed E-state index contributed by atoms with van der Waals surface area (Å²) in [6.07, 6.45) is 12.8. The summed E-state index contributed by atoms with van der Waals surface area (Å²) in [5.41, 5.74) is 5.26. The first kappa shape index (κ1) is 20.1. The van der Waals surface area contributed by atoms with Gasteiger partial charge in [-0.2, -0.15) is 5.10 Å². The Bertz CT molecular complexity index is 1020. The number of aryl methyl sites for hydroxylation is 1. The zero-order chi connectivity index (χ0) is 21.1. The highest BCUT2D eigenvalue weighted by Gasteiger charge is 2.28. The van der Waals surface area contributed by atoms with E-state index in [0.717, 1.165) is 53.8 Å². The third-order valence-electron chi connectivity index (χ3n) is 5.53. The molecule has 0 spiro atoms. The van der Waals surface area contributed by atoms with E-state index in [9.17, 15) is 0 Å². The van der Waals surface area contributed by atoms with Gasteiger partial charge in [0.2, 0.25) is 0 Å². The van der Waals surface area contributed by atoms with Crippen molar-refractivity contribution in [1.29, 1.82) is 0 Å². The lowest BCUT2D eigenvalue weighted by molar-refractivity contribution is 0.796. The second kappa shape index (κ2) is 8.65. The van der Waals surface area contributed by atoms with Gasteiger partial charge in [0.05, 0.1) is 36.5 Å². The van der Waals surface area contributed by atoms with Gasteiger partial charge < -0.3 is 9.80 Å². The Labute approximate surface area is 178 Å². The number of rotatable bonds is 4. The van der Waals surface area contributed by atoms with Crippen molar-refractivity contribution in [3.8, 4) is 5.82 Å². The summed E-state index contributed by atoms with van der Waals surface area (Å²) in [6, 6.07) is 2.17. The standard InChI is InChI=1S/C21H23N7.C2H6/c1-3-16-8-17(10-22-9-16)27-14-19-18(15(27)2)13-28(25-19)21-12-23-20(11-24-21)26-6-4-5-7-26;1-2/h8-13H,2-7,14H2,1H3;1-2H3. The first-order chi connectivity index (χ1) is 14.7. The van der Waals surface area contributed by atoms with Crippen molar-refractivity contribution in [2.24, 2.45) is 0 Å². The highest BCUT2D eigenvalue weighted by atomic mass is 15.3. The molecule has 0 bridgehead atoms. The van der Waals surface area contributed by atoms with Crippen molar-refractivity contribution in [2.75, 3.05) is 22.9 Å². The fourth-order valence-corrected chi connectivity index (χ4v) is 3.88. The monoisotopic (exact) mass is 403 g/mol. The number of pyridine rings is 1. The molecule has 0 unspecified atom stereocenters. The van der Waals surface area contributed by atoms with E-state index in [1.807, 2.05) is 38.6 Å². The van der Waals surface area contributed by atoms with E-state index in [1.54, 1.807) is 10.9 Å². The van der Waals surface area contributed by atoms with Crippen LogP contribution < -0.4 is 9.80 Å². The van der Waals surface area contributed by atoms with Crippen LogP contribution in [0.15, 0.2) is 43.6 Å². The maximum atomic E-state index is 4.73. The molecule has 7 nitrogen and oxygen atoms in total. The molecule has 3 aromatic heterocycles. The highest BCUT2D eigenvalue weighted by molar-refractivity contribution is 5.82. The van der Waals surface area contributed by atoms with Crippen molar-refractivity contribution < 1.29 is 0 Å². The molecule has 0 radical (unpaired) electrons. The summed E-state index contributed by atoms with van der Waals surface area (Å²) in [7, 11) is 0. The van der Waals surface area contributed by atoms with Gasteiger partial charge in [-0.05, 0) is 30.9 Å².